The number of nitrogens with one attached hydrogen (secondary N) is 1. The van der Waals surface area contributed by atoms with Crippen LogP contribution in [0.3, 0.4) is 0 Å². The highest BCUT2D eigenvalue weighted by Gasteiger charge is 2.24. The lowest BCUT2D eigenvalue weighted by atomic mass is 9.94. The lowest BCUT2D eigenvalue weighted by Crippen LogP contribution is -2.44. The van der Waals surface area contributed by atoms with Gasteiger partial charge in [-0.05, 0) is 38.1 Å². The van der Waals surface area contributed by atoms with Crippen LogP contribution in [0.25, 0.3) is 0 Å². The molecule has 14 heavy (non-hydrogen) atoms. The zero-order valence-electron chi connectivity index (χ0n) is 9.96. The van der Waals surface area contributed by atoms with Crippen molar-refractivity contribution >= 4 is 0 Å². The summed E-state index contributed by atoms with van der Waals surface area (Å²) in [6.45, 7) is 9.74. The highest BCUT2D eigenvalue weighted by molar-refractivity contribution is 5.26. The molecule has 0 radical (unpaired) electrons. The van der Waals surface area contributed by atoms with Crippen LogP contribution in [0.2, 0.25) is 0 Å². The fraction of sp³-hybridized carbons (Fsp3) is 0.667. The molecule has 1 aliphatic rings. The molecule has 2 nitrogen and oxygen atoms in total. The molecule has 2 N–H and O–H groups in total. The molecule has 2 heteroatoms. The molecular weight excluding hydrogens is 174 g/mol. The van der Waals surface area contributed by atoms with E-state index in [2.05, 4.69) is 18.3 Å². The van der Waals surface area contributed by atoms with Gasteiger partial charge in [-0.2, -0.15) is 0 Å². The standard InChI is InChI=1S/C10H17NO.C2H6/c1-4-8-5-6-11-9(7-8)10(2,3)12;1-2/h5-7,9,11-12H,4H2,1-3H3;1-2H3. The summed E-state index contributed by atoms with van der Waals surface area (Å²) in [4.78, 5) is 0. The molecule has 0 fully saturated rings. The van der Waals surface area contributed by atoms with E-state index in [1.165, 1.54) is 5.57 Å². The van der Waals surface area contributed by atoms with Gasteiger partial charge in [0.15, 0.2) is 0 Å². The molecule has 0 amide bonds. The van der Waals surface area contributed by atoms with Crippen molar-refractivity contribution in [3.8, 4) is 0 Å². The van der Waals surface area contributed by atoms with Crippen LogP contribution in [0, 0.1) is 0 Å². The Bertz CT molecular complexity index is 211. The first-order valence-corrected chi connectivity index (χ1v) is 5.39. The topological polar surface area (TPSA) is 32.3 Å². The normalized spacial score (nSPS) is 20.4. The van der Waals surface area contributed by atoms with Crippen LogP contribution in [-0.2, 0) is 0 Å². The maximum Gasteiger partial charge on any atom is 0.0827 e. The van der Waals surface area contributed by atoms with Crippen molar-refractivity contribution in [3.05, 3.63) is 23.9 Å². The third-order valence-corrected chi connectivity index (χ3v) is 2.12. The van der Waals surface area contributed by atoms with Gasteiger partial charge in [-0.3, -0.25) is 0 Å². The average molecular weight is 197 g/mol. The van der Waals surface area contributed by atoms with Gasteiger partial charge in [-0.15, -0.1) is 0 Å². The van der Waals surface area contributed by atoms with Crippen molar-refractivity contribution in [1.29, 1.82) is 0 Å². The maximum atomic E-state index is 9.71. The van der Waals surface area contributed by atoms with Gasteiger partial charge in [-0.1, -0.05) is 26.8 Å². The minimum atomic E-state index is -0.689. The van der Waals surface area contributed by atoms with E-state index in [1.54, 1.807) is 0 Å². The average Bonchev–Trinajstić information content (AvgIpc) is 2.20. The number of allylic oxidation sites excluding steroid dienone is 2. The molecular formula is C12H23NO. The molecule has 0 bridgehead atoms. The Morgan fingerprint density at radius 2 is 2.00 bits per heavy atom. The van der Waals surface area contributed by atoms with Gasteiger partial charge >= 0.3 is 0 Å². The molecule has 0 aromatic heterocycles. The number of aliphatic hydroxyl groups is 1. The summed E-state index contributed by atoms with van der Waals surface area (Å²) in [7, 11) is 0. The Morgan fingerprint density at radius 3 is 2.43 bits per heavy atom. The van der Waals surface area contributed by atoms with E-state index in [4.69, 9.17) is 0 Å². The van der Waals surface area contributed by atoms with Gasteiger partial charge in [0.2, 0.25) is 0 Å². The number of hydrogen-bond acceptors (Lipinski definition) is 2. The van der Waals surface area contributed by atoms with Gasteiger partial charge in [0, 0.05) is 0 Å². The first kappa shape index (κ1) is 13.2. The minimum absolute atomic E-state index is 0.0393. The van der Waals surface area contributed by atoms with Crippen molar-refractivity contribution < 1.29 is 5.11 Å². The summed E-state index contributed by atoms with van der Waals surface area (Å²) < 4.78 is 0. The number of rotatable bonds is 2. The molecule has 1 unspecified atom stereocenters. The summed E-state index contributed by atoms with van der Waals surface area (Å²) in [5.41, 5.74) is 0.589. The molecule has 1 atom stereocenters. The number of hydrogen-bond donors (Lipinski definition) is 2. The molecule has 0 spiro atoms. The highest BCUT2D eigenvalue weighted by Crippen LogP contribution is 2.16. The largest absolute Gasteiger partial charge is 0.388 e. The van der Waals surface area contributed by atoms with Crippen LogP contribution in [0.15, 0.2) is 23.9 Å². The van der Waals surface area contributed by atoms with Crippen molar-refractivity contribution in [1.82, 2.24) is 5.32 Å². The first-order chi connectivity index (χ1) is 6.54. The monoisotopic (exact) mass is 197 g/mol. The molecule has 0 saturated heterocycles. The second-order valence-electron chi connectivity index (χ2n) is 3.73. The van der Waals surface area contributed by atoms with E-state index in [9.17, 15) is 5.11 Å². The summed E-state index contributed by atoms with van der Waals surface area (Å²) >= 11 is 0. The van der Waals surface area contributed by atoms with Crippen LogP contribution in [0.5, 0.6) is 0 Å². The molecule has 0 saturated carbocycles. The summed E-state index contributed by atoms with van der Waals surface area (Å²) in [6, 6.07) is 0.0393. The van der Waals surface area contributed by atoms with E-state index < -0.39 is 5.60 Å². The van der Waals surface area contributed by atoms with E-state index >= 15 is 0 Å². The summed E-state index contributed by atoms with van der Waals surface area (Å²) in [5.74, 6) is 0. The Kier molecular flexibility index (Phi) is 5.55. The Hall–Kier alpha value is -0.760. The second kappa shape index (κ2) is 5.86. The maximum absolute atomic E-state index is 9.71. The van der Waals surface area contributed by atoms with E-state index in [0.717, 1.165) is 6.42 Å². The number of dihydropyridines is 1. The van der Waals surface area contributed by atoms with Crippen molar-refractivity contribution in [2.45, 2.75) is 52.7 Å². The summed E-state index contributed by atoms with van der Waals surface area (Å²) in [6.07, 6.45) is 7.05. The molecule has 1 rings (SSSR count). The van der Waals surface area contributed by atoms with Crippen LogP contribution in [-0.4, -0.2) is 16.7 Å². The lowest BCUT2D eigenvalue weighted by molar-refractivity contribution is 0.0582. The van der Waals surface area contributed by atoms with Gasteiger partial charge in [0.25, 0.3) is 0 Å². The zero-order valence-corrected chi connectivity index (χ0v) is 9.96. The molecule has 0 aliphatic carbocycles. The Balaban J connectivity index is 0.000000791. The fourth-order valence-electron chi connectivity index (χ4n) is 1.22. The van der Waals surface area contributed by atoms with Crippen LogP contribution in [0.1, 0.15) is 41.0 Å². The molecule has 82 valence electrons. The second-order valence-corrected chi connectivity index (χ2v) is 3.73. The summed E-state index contributed by atoms with van der Waals surface area (Å²) in [5, 5.41) is 12.8. The third kappa shape index (κ3) is 3.97. The SMILES string of the molecule is CC.CCC1=CC(C(C)(C)O)NC=C1. The predicted octanol–water partition coefficient (Wildman–Crippen LogP) is 2.61. The van der Waals surface area contributed by atoms with Gasteiger partial charge in [-0.25, -0.2) is 0 Å². The molecule has 0 aromatic carbocycles. The Labute approximate surface area is 87.7 Å². The highest BCUT2D eigenvalue weighted by atomic mass is 16.3. The van der Waals surface area contributed by atoms with Crippen molar-refractivity contribution in [2.75, 3.05) is 0 Å². The minimum Gasteiger partial charge on any atom is -0.388 e. The van der Waals surface area contributed by atoms with E-state index in [1.807, 2.05) is 40.0 Å². The van der Waals surface area contributed by atoms with Crippen LogP contribution < -0.4 is 5.32 Å². The Morgan fingerprint density at radius 1 is 1.43 bits per heavy atom. The fourth-order valence-corrected chi connectivity index (χ4v) is 1.22. The third-order valence-electron chi connectivity index (χ3n) is 2.12. The molecule has 0 aromatic rings. The quantitative estimate of drug-likeness (QED) is 0.713. The lowest BCUT2D eigenvalue weighted by Gasteiger charge is -2.29. The first-order valence-electron chi connectivity index (χ1n) is 5.39. The zero-order chi connectivity index (χ0) is 11.2. The molecule has 1 heterocycles. The predicted molar refractivity (Wildman–Crippen MR) is 62.1 cm³/mol. The van der Waals surface area contributed by atoms with Gasteiger partial charge < -0.3 is 10.4 Å². The van der Waals surface area contributed by atoms with Crippen LogP contribution >= 0.6 is 0 Å². The van der Waals surface area contributed by atoms with Crippen LogP contribution in [0.4, 0.5) is 0 Å². The van der Waals surface area contributed by atoms with Gasteiger partial charge in [0.1, 0.15) is 0 Å². The van der Waals surface area contributed by atoms with Crippen molar-refractivity contribution in [3.63, 3.8) is 0 Å². The smallest absolute Gasteiger partial charge is 0.0827 e. The van der Waals surface area contributed by atoms with Crippen molar-refractivity contribution in [2.24, 2.45) is 0 Å². The molecule has 1 aliphatic heterocycles. The van der Waals surface area contributed by atoms with E-state index in [-0.39, 0.29) is 6.04 Å². The van der Waals surface area contributed by atoms with Gasteiger partial charge in [0.05, 0.1) is 11.6 Å². The van der Waals surface area contributed by atoms with E-state index in [0.29, 0.717) is 0 Å².